The molecule has 1 unspecified atom stereocenters. The summed E-state index contributed by atoms with van der Waals surface area (Å²) in [6.07, 6.45) is 5.31. The molecule has 0 fully saturated rings. The number of sulfonamides is 1. The molecule has 0 bridgehead atoms. The molecule has 3 rings (SSSR count). The molecule has 0 heterocycles. The largest absolute Gasteiger partial charge is 0.508 e. The lowest BCUT2D eigenvalue weighted by atomic mass is 9.95. The fraction of sp³-hybridized carbons (Fsp3) is 0.136. The molecule has 1 atom stereocenters. The van der Waals surface area contributed by atoms with Gasteiger partial charge in [-0.05, 0) is 36.8 Å². The van der Waals surface area contributed by atoms with E-state index in [-0.39, 0.29) is 17.1 Å². The van der Waals surface area contributed by atoms with Crippen LogP contribution in [0.1, 0.15) is 22.3 Å². The van der Waals surface area contributed by atoms with Crippen molar-refractivity contribution >= 4 is 15.8 Å². The van der Waals surface area contributed by atoms with Crippen LogP contribution in [0.5, 0.6) is 0 Å². The van der Waals surface area contributed by atoms with Crippen molar-refractivity contribution in [1.82, 2.24) is 4.72 Å². The van der Waals surface area contributed by atoms with Crippen molar-refractivity contribution in [3.63, 3.8) is 0 Å². The molecule has 0 radical (unpaired) electrons. The second-order valence-electron chi connectivity index (χ2n) is 6.81. The minimum Gasteiger partial charge on any atom is -0.508 e. The Kier molecular flexibility index (Phi) is 5.83. The Morgan fingerprint density at radius 2 is 1.72 bits per heavy atom. The number of carbonyl (C=O) groups is 1. The zero-order chi connectivity index (χ0) is 21.1. The second kappa shape index (κ2) is 8.16. The fourth-order valence-corrected chi connectivity index (χ4v) is 4.09. The van der Waals surface area contributed by atoms with E-state index >= 15 is 0 Å². The maximum absolute atomic E-state index is 12.6. The third-order valence-electron chi connectivity index (χ3n) is 4.48. The Morgan fingerprint density at radius 3 is 2.38 bits per heavy atom. The first-order chi connectivity index (χ1) is 13.7. The first kappa shape index (κ1) is 20.7. The van der Waals surface area contributed by atoms with E-state index in [1.807, 2.05) is 6.92 Å². The van der Waals surface area contributed by atoms with Crippen LogP contribution in [0.4, 0.5) is 0 Å². The highest BCUT2D eigenvalue weighted by molar-refractivity contribution is 7.89. The Bertz CT molecular complexity index is 1100. The summed E-state index contributed by atoms with van der Waals surface area (Å²) in [5.41, 5.74) is -0.343. The fourth-order valence-electron chi connectivity index (χ4n) is 2.85. The van der Waals surface area contributed by atoms with Gasteiger partial charge in [0.25, 0.3) is 0 Å². The van der Waals surface area contributed by atoms with E-state index in [2.05, 4.69) is 4.72 Å². The summed E-state index contributed by atoms with van der Waals surface area (Å²) in [6.45, 7) is 1.83. The summed E-state index contributed by atoms with van der Waals surface area (Å²) in [5.74, 6) is -0.756. The highest BCUT2D eigenvalue weighted by Crippen LogP contribution is 2.28. The third kappa shape index (κ3) is 4.89. The van der Waals surface area contributed by atoms with E-state index in [0.29, 0.717) is 11.1 Å². The van der Waals surface area contributed by atoms with Crippen LogP contribution in [0.2, 0.25) is 0 Å². The molecule has 0 saturated carbocycles. The van der Waals surface area contributed by atoms with Crippen LogP contribution in [0.15, 0.2) is 95.1 Å². The van der Waals surface area contributed by atoms with E-state index in [1.54, 1.807) is 42.5 Å². The van der Waals surface area contributed by atoms with Crippen molar-refractivity contribution in [3.8, 4) is 0 Å². The second-order valence-corrected chi connectivity index (χ2v) is 8.50. The van der Waals surface area contributed by atoms with Crippen molar-refractivity contribution in [3.05, 3.63) is 101 Å². The number of aliphatic hydroxyl groups excluding tert-OH is 1. The number of carbonyl (C=O) groups excluding carboxylic acids is 1. The highest BCUT2D eigenvalue weighted by Gasteiger charge is 2.39. The summed E-state index contributed by atoms with van der Waals surface area (Å²) in [4.78, 5) is 12.2. The molecule has 2 aromatic rings. The predicted molar refractivity (Wildman–Crippen MR) is 110 cm³/mol. The van der Waals surface area contributed by atoms with Gasteiger partial charge in [0.15, 0.2) is 11.5 Å². The molecule has 0 aliphatic heterocycles. The number of benzene rings is 2. The van der Waals surface area contributed by atoms with E-state index in [4.69, 9.17) is 0 Å². The van der Waals surface area contributed by atoms with Gasteiger partial charge in [0.2, 0.25) is 10.0 Å². The lowest BCUT2D eigenvalue weighted by Gasteiger charge is -2.30. The van der Waals surface area contributed by atoms with E-state index in [0.717, 1.165) is 5.56 Å². The van der Waals surface area contributed by atoms with Gasteiger partial charge in [0.1, 0.15) is 5.76 Å². The molecular weight excluding hydrogens is 390 g/mol. The number of hydrogen-bond acceptors (Lipinski definition) is 5. The van der Waals surface area contributed by atoms with Crippen LogP contribution in [0.3, 0.4) is 0 Å². The van der Waals surface area contributed by atoms with Crippen LogP contribution in [-0.4, -0.2) is 30.1 Å². The zero-order valence-corrected chi connectivity index (χ0v) is 16.6. The Labute approximate surface area is 169 Å². The molecule has 1 aliphatic carbocycles. The maximum Gasteiger partial charge on any atom is 0.243 e. The topological polar surface area (TPSA) is 104 Å². The normalized spacial score (nSPS) is 19.7. The number of hydrogen-bond donors (Lipinski definition) is 3. The monoisotopic (exact) mass is 411 g/mol. The molecule has 7 heteroatoms. The molecule has 0 saturated heterocycles. The van der Waals surface area contributed by atoms with Crippen LogP contribution < -0.4 is 4.72 Å². The zero-order valence-electron chi connectivity index (χ0n) is 15.7. The first-order valence-electron chi connectivity index (χ1n) is 8.90. The quantitative estimate of drug-likeness (QED) is 0.385. The number of nitrogens with one attached hydrogen (secondary N) is 1. The summed E-state index contributed by atoms with van der Waals surface area (Å²) in [7, 11) is -4.08. The molecule has 1 aliphatic rings. The molecule has 0 amide bonds. The smallest absolute Gasteiger partial charge is 0.243 e. The minimum absolute atomic E-state index is 0.0322. The van der Waals surface area contributed by atoms with E-state index in [9.17, 15) is 23.4 Å². The predicted octanol–water partition coefficient (Wildman–Crippen LogP) is 3.17. The number of allylic oxidation sites excluding steroid dienone is 4. The molecule has 2 aromatic carbocycles. The van der Waals surface area contributed by atoms with Gasteiger partial charge in [-0.3, -0.25) is 4.79 Å². The molecule has 6 nitrogen and oxygen atoms in total. The molecular formula is C22H21NO5S. The van der Waals surface area contributed by atoms with Crippen molar-refractivity contribution in [1.29, 1.82) is 0 Å². The summed E-state index contributed by atoms with van der Waals surface area (Å²) >= 11 is 0. The van der Waals surface area contributed by atoms with Crippen molar-refractivity contribution in [2.75, 3.05) is 0 Å². The molecule has 0 aromatic heterocycles. The molecule has 150 valence electrons. The Morgan fingerprint density at radius 1 is 1.07 bits per heavy atom. The van der Waals surface area contributed by atoms with Crippen molar-refractivity contribution < 1.29 is 23.4 Å². The standard InChI is InChI=1S/C22H21NO5S/c1-16-7-11-19(12-8-16)29(27,28)23-22(26)15-17(10-14-21(22)25)9-13-20(24)18-5-3-2-4-6-18/h2-14,23,25-26H,15H2,1H3. The van der Waals surface area contributed by atoms with E-state index in [1.165, 1.54) is 36.4 Å². The average molecular weight is 411 g/mol. The van der Waals surface area contributed by atoms with Crippen LogP contribution in [0, 0.1) is 6.92 Å². The van der Waals surface area contributed by atoms with Gasteiger partial charge < -0.3 is 10.2 Å². The average Bonchev–Trinajstić information content (AvgIpc) is 2.69. The molecule has 3 N–H and O–H groups in total. The summed E-state index contributed by atoms with van der Waals surface area (Å²) in [5, 5.41) is 20.9. The lowest BCUT2D eigenvalue weighted by molar-refractivity contribution is 0.0241. The van der Waals surface area contributed by atoms with Gasteiger partial charge in [-0.1, -0.05) is 60.2 Å². The lowest BCUT2D eigenvalue weighted by Crippen LogP contribution is -2.50. The third-order valence-corrected chi connectivity index (χ3v) is 5.98. The minimum atomic E-state index is -4.08. The maximum atomic E-state index is 12.6. The number of rotatable bonds is 6. The SMILES string of the molecule is Cc1ccc(S(=O)(=O)NC2(O)CC(C=CC(=O)c3ccccc3)=CC=C2O)cc1. The van der Waals surface area contributed by atoms with E-state index < -0.39 is 21.5 Å². The summed E-state index contributed by atoms with van der Waals surface area (Å²) in [6, 6.07) is 14.8. The summed E-state index contributed by atoms with van der Waals surface area (Å²) < 4.78 is 27.4. The van der Waals surface area contributed by atoms with Crippen LogP contribution >= 0.6 is 0 Å². The number of aliphatic hydroxyl groups is 2. The van der Waals surface area contributed by atoms with Gasteiger partial charge in [-0.15, -0.1) is 0 Å². The highest BCUT2D eigenvalue weighted by atomic mass is 32.2. The molecule has 29 heavy (non-hydrogen) atoms. The molecule has 0 spiro atoms. The van der Waals surface area contributed by atoms with Crippen molar-refractivity contribution in [2.45, 2.75) is 24.0 Å². The van der Waals surface area contributed by atoms with Gasteiger partial charge in [-0.25, -0.2) is 8.42 Å². The number of aryl methyl sites for hydroxylation is 1. The van der Waals surface area contributed by atoms with Gasteiger partial charge in [-0.2, -0.15) is 4.72 Å². The Balaban J connectivity index is 1.78. The number of ketones is 1. The first-order valence-corrected chi connectivity index (χ1v) is 10.4. The van der Waals surface area contributed by atoms with Crippen LogP contribution in [0.25, 0.3) is 0 Å². The van der Waals surface area contributed by atoms with Gasteiger partial charge in [0.05, 0.1) is 4.90 Å². The Hall–Kier alpha value is -3.00. The van der Waals surface area contributed by atoms with Gasteiger partial charge in [0, 0.05) is 12.0 Å². The van der Waals surface area contributed by atoms with Gasteiger partial charge >= 0.3 is 0 Å². The van der Waals surface area contributed by atoms with Crippen molar-refractivity contribution in [2.24, 2.45) is 0 Å². The van der Waals surface area contributed by atoms with Crippen LogP contribution in [-0.2, 0) is 10.0 Å².